The smallest absolute Gasteiger partial charge is 0.318 e. The lowest BCUT2D eigenvalue weighted by Crippen LogP contribution is -2.38. The SMILES string of the molecule is CC(Oc1ccccc1)C(C)(C)C(=O)O.CCC(C(=O)O)(c1ccccc1)c1ccccc1. The predicted molar refractivity (Wildman–Crippen MR) is 130 cm³/mol. The lowest BCUT2D eigenvalue weighted by atomic mass is 9.72. The molecule has 0 radical (unpaired) electrons. The fourth-order valence-electron chi connectivity index (χ4n) is 3.44. The molecule has 0 fully saturated rings. The van der Waals surface area contributed by atoms with E-state index in [0.29, 0.717) is 12.2 Å². The van der Waals surface area contributed by atoms with E-state index < -0.39 is 22.8 Å². The molecule has 2 N–H and O–H groups in total. The summed E-state index contributed by atoms with van der Waals surface area (Å²) in [6.45, 7) is 6.99. The molecular formula is C28H32O5. The Bertz CT molecular complexity index is 974. The highest BCUT2D eigenvalue weighted by atomic mass is 16.5. The molecule has 0 aliphatic heterocycles. The minimum Gasteiger partial charge on any atom is -0.490 e. The molecule has 5 nitrogen and oxygen atoms in total. The van der Waals surface area contributed by atoms with Crippen LogP contribution in [0.1, 0.15) is 45.2 Å². The zero-order valence-electron chi connectivity index (χ0n) is 19.6. The molecule has 33 heavy (non-hydrogen) atoms. The number of carboxylic acid groups (broad SMARTS) is 2. The number of carbonyl (C=O) groups is 2. The Morgan fingerprint density at radius 1 is 0.758 bits per heavy atom. The summed E-state index contributed by atoms with van der Waals surface area (Å²) in [7, 11) is 0. The first kappa shape index (κ1) is 25.7. The molecule has 3 rings (SSSR count). The molecule has 0 saturated heterocycles. The lowest BCUT2D eigenvalue weighted by Gasteiger charge is -2.29. The van der Waals surface area contributed by atoms with Crippen LogP contribution in [0.25, 0.3) is 0 Å². The van der Waals surface area contributed by atoms with Crippen molar-refractivity contribution in [2.45, 2.75) is 45.6 Å². The van der Waals surface area contributed by atoms with Gasteiger partial charge in [0.25, 0.3) is 0 Å². The molecule has 0 aliphatic rings. The van der Waals surface area contributed by atoms with E-state index in [1.54, 1.807) is 20.8 Å². The number of para-hydroxylation sites is 1. The van der Waals surface area contributed by atoms with Crippen LogP contribution < -0.4 is 4.74 Å². The molecule has 0 aliphatic carbocycles. The van der Waals surface area contributed by atoms with Crippen LogP contribution in [0.4, 0.5) is 0 Å². The van der Waals surface area contributed by atoms with Crippen LogP contribution >= 0.6 is 0 Å². The highest BCUT2D eigenvalue weighted by Crippen LogP contribution is 2.35. The van der Waals surface area contributed by atoms with Gasteiger partial charge in [-0.1, -0.05) is 85.8 Å². The lowest BCUT2D eigenvalue weighted by molar-refractivity contribution is -0.151. The van der Waals surface area contributed by atoms with E-state index in [4.69, 9.17) is 9.84 Å². The van der Waals surface area contributed by atoms with Gasteiger partial charge in [-0.2, -0.15) is 0 Å². The van der Waals surface area contributed by atoms with Gasteiger partial charge in [0.05, 0.1) is 5.41 Å². The second-order valence-electron chi connectivity index (χ2n) is 8.40. The number of aliphatic carboxylic acids is 2. The third kappa shape index (κ3) is 6.01. The number of rotatable bonds is 8. The second kappa shape index (κ2) is 11.3. The minimum atomic E-state index is -0.956. The van der Waals surface area contributed by atoms with Gasteiger partial charge >= 0.3 is 11.9 Å². The van der Waals surface area contributed by atoms with Crippen LogP contribution in [0.15, 0.2) is 91.0 Å². The molecule has 0 bridgehead atoms. The zero-order chi connectivity index (χ0) is 24.5. The molecule has 174 valence electrons. The molecule has 3 aromatic rings. The molecule has 0 spiro atoms. The first-order valence-corrected chi connectivity index (χ1v) is 11.0. The summed E-state index contributed by atoms with van der Waals surface area (Å²) in [4.78, 5) is 22.8. The molecule has 0 heterocycles. The van der Waals surface area contributed by atoms with E-state index >= 15 is 0 Å². The summed E-state index contributed by atoms with van der Waals surface area (Å²) in [5.74, 6) is -0.965. The maximum Gasteiger partial charge on any atom is 0.318 e. The van der Waals surface area contributed by atoms with Crippen molar-refractivity contribution in [3.8, 4) is 5.75 Å². The summed E-state index contributed by atoms with van der Waals surface area (Å²) < 4.78 is 5.56. The quantitative estimate of drug-likeness (QED) is 0.439. The van der Waals surface area contributed by atoms with Gasteiger partial charge in [0, 0.05) is 0 Å². The van der Waals surface area contributed by atoms with Gasteiger partial charge in [-0.3, -0.25) is 9.59 Å². The Morgan fingerprint density at radius 3 is 1.48 bits per heavy atom. The molecule has 0 saturated carbocycles. The van der Waals surface area contributed by atoms with Crippen molar-refractivity contribution < 1.29 is 24.5 Å². The second-order valence-corrected chi connectivity index (χ2v) is 8.40. The number of benzene rings is 3. The van der Waals surface area contributed by atoms with Crippen molar-refractivity contribution in [2.75, 3.05) is 0 Å². The largest absolute Gasteiger partial charge is 0.490 e. The van der Waals surface area contributed by atoms with E-state index in [1.165, 1.54) is 0 Å². The van der Waals surface area contributed by atoms with Crippen molar-refractivity contribution in [1.82, 2.24) is 0 Å². The maximum atomic E-state index is 11.9. The fourth-order valence-corrected chi connectivity index (χ4v) is 3.44. The average Bonchev–Trinajstić information content (AvgIpc) is 2.82. The monoisotopic (exact) mass is 448 g/mol. The van der Waals surface area contributed by atoms with Gasteiger partial charge in [0.2, 0.25) is 0 Å². The Labute approximate surface area is 195 Å². The van der Waals surface area contributed by atoms with Gasteiger partial charge < -0.3 is 14.9 Å². The van der Waals surface area contributed by atoms with Crippen LogP contribution in [0.5, 0.6) is 5.75 Å². The summed E-state index contributed by atoms with van der Waals surface area (Å²) in [6.07, 6.45) is 0.147. The van der Waals surface area contributed by atoms with Crippen LogP contribution in [0.3, 0.4) is 0 Å². The number of hydrogen-bond donors (Lipinski definition) is 2. The fraction of sp³-hybridized carbons (Fsp3) is 0.286. The van der Waals surface area contributed by atoms with E-state index in [1.807, 2.05) is 97.9 Å². The molecular weight excluding hydrogens is 416 g/mol. The van der Waals surface area contributed by atoms with E-state index in [0.717, 1.165) is 11.1 Å². The minimum absolute atomic E-state index is 0.377. The summed E-state index contributed by atoms with van der Waals surface area (Å²) in [5, 5.41) is 18.7. The maximum absolute atomic E-state index is 11.9. The third-order valence-electron chi connectivity index (χ3n) is 6.05. The van der Waals surface area contributed by atoms with Gasteiger partial charge in [-0.15, -0.1) is 0 Å². The van der Waals surface area contributed by atoms with Gasteiger partial charge in [0.15, 0.2) is 0 Å². The Morgan fingerprint density at radius 2 is 1.15 bits per heavy atom. The Balaban J connectivity index is 0.000000238. The normalized spacial score (nSPS) is 12.1. The molecule has 1 unspecified atom stereocenters. The highest BCUT2D eigenvalue weighted by molar-refractivity contribution is 5.86. The predicted octanol–water partition coefficient (Wildman–Crippen LogP) is 6.03. The van der Waals surface area contributed by atoms with Gasteiger partial charge in [-0.25, -0.2) is 0 Å². The van der Waals surface area contributed by atoms with E-state index in [-0.39, 0.29) is 6.10 Å². The molecule has 0 aromatic heterocycles. The number of ether oxygens (including phenoxy) is 1. The van der Waals surface area contributed by atoms with Crippen molar-refractivity contribution >= 4 is 11.9 Å². The topological polar surface area (TPSA) is 83.8 Å². The van der Waals surface area contributed by atoms with Crippen molar-refractivity contribution in [2.24, 2.45) is 5.41 Å². The van der Waals surface area contributed by atoms with Crippen molar-refractivity contribution in [1.29, 1.82) is 0 Å². The summed E-state index contributed by atoms with van der Waals surface area (Å²) in [6, 6.07) is 28.1. The molecule has 3 aromatic carbocycles. The number of carboxylic acids is 2. The van der Waals surface area contributed by atoms with Crippen molar-refractivity contribution in [3.05, 3.63) is 102 Å². The van der Waals surface area contributed by atoms with Crippen molar-refractivity contribution in [3.63, 3.8) is 0 Å². The third-order valence-corrected chi connectivity index (χ3v) is 6.05. The number of hydrogen-bond acceptors (Lipinski definition) is 3. The zero-order valence-corrected chi connectivity index (χ0v) is 19.6. The first-order chi connectivity index (χ1) is 15.7. The highest BCUT2D eigenvalue weighted by Gasteiger charge is 2.40. The van der Waals surface area contributed by atoms with Crippen LogP contribution in [-0.2, 0) is 15.0 Å². The molecule has 5 heteroatoms. The van der Waals surface area contributed by atoms with Crippen LogP contribution in [0.2, 0.25) is 0 Å². The summed E-state index contributed by atoms with van der Waals surface area (Å²) in [5.41, 5.74) is -0.198. The van der Waals surface area contributed by atoms with Gasteiger partial charge in [-0.05, 0) is 50.5 Å². The first-order valence-electron chi connectivity index (χ1n) is 11.0. The Hall–Kier alpha value is -3.60. The molecule has 1 atom stereocenters. The van der Waals surface area contributed by atoms with E-state index in [2.05, 4.69) is 0 Å². The Kier molecular flexibility index (Phi) is 8.80. The summed E-state index contributed by atoms with van der Waals surface area (Å²) >= 11 is 0. The molecule has 0 amide bonds. The standard InChI is InChI=1S/C16H16O2.C12H16O3/c1-2-16(15(17)18,13-9-5-3-6-10-13)14-11-7-4-8-12-14;1-9(12(2,3)11(13)14)15-10-7-5-4-6-8-10/h3-12H,2H2,1H3,(H,17,18);4-9H,1-3H3,(H,13,14). The van der Waals surface area contributed by atoms with Crippen LogP contribution in [0, 0.1) is 5.41 Å². The van der Waals surface area contributed by atoms with Crippen LogP contribution in [-0.4, -0.2) is 28.3 Å². The van der Waals surface area contributed by atoms with Gasteiger partial charge in [0.1, 0.15) is 17.3 Å². The van der Waals surface area contributed by atoms with E-state index in [9.17, 15) is 14.7 Å². The average molecular weight is 449 g/mol.